The minimum atomic E-state index is -0.339. The number of aromatic nitrogens is 1. The van der Waals surface area contributed by atoms with E-state index in [1.165, 1.54) is 11.3 Å². The van der Waals surface area contributed by atoms with Crippen LogP contribution in [0.4, 0.5) is 0 Å². The first kappa shape index (κ1) is 17.2. The summed E-state index contributed by atoms with van der Waals surface area (Å²) in [5.74, 6) is 0.0686. The molecule has 3 rings (SSSR count). The quantitative estimate of drug-likeness (QED) is 0.396. The van der Waals surface area contributed by atoms with E-state index in [0.29, 0.717) is 12.1 Å². The Balaban J connectivity index is 2.13. The van der Waals surface area contributed by atoms with Crippen LogP contribution in [0.3, 0.4) is 0 Å². The fourth-order valence-corrected chi connectivity index (χ4v) is 3.83. The van der Waals surface area contributed by atoms with E-state index in [1.54, 1.807) is 0 Å². The number of carbonyl (C=O) groups excluding carboxylic acids is 1. The number of hydrogen-bond acceptors (Lipinski definition) is 2. The van der Waals surface area contributed by atoms with Gasteiger partial charge in [0.25, 0.3) is 0 Å². The first-order valence-corrected chi connectivity index (χ1v) is 9.43. The van der Waals surface area contributed by atoms with Crippen LogP contribution in [0.25, 0.3) is 11.6 Å². The monoisotopic (exact) mass is 344 g/mol. The van der Waals surface area contributed by atoms with Gasteiger partial charge in [-0.3, -0.25) is 9.79 Å². The van der Waals surface area contributed by atoms with Crippen molar-refractivity contribution in [1.82, 2.24) is 4.57 Å². The number of aliphatic imine (C=N–C) groups is 1. The van der Waals surface area contributed by atoms with E-state index in [1.807, 2.05) is 6.92 Å². The van der Waals surface area contributed by atoms with Crippen LogP contribution in [0.15, 0.2) is 23.3 Å². The number of ketones is 1. The predicted molar refractivity (Wildman–Crippen MR) is 102 cm³/mol. The molecule has 1 aromatic rings. The number of carbonyl (C=O) groups is 1. The molecular formula is C20H25ClN2O. The third kappa shape index (κ3) is 3.27. The molecule has 0 bridgehead atoms. The third-order valence-electron chi connectivity index (χ3n) is 4.69. The highest BCUT2D eigenvalue weighted by Crippen LogP contribution is 2.36. The van der Waals surface area contributed by atoms with E-state index < -0.39 is 0 Å². The molecule has 0 saturated heterocycles. The molecule has 0 saturated carbocycles. The zero-order chi connectivity index (χ0) is 17.1. The Kier molecular flexibility index (Phi) is 5.40. The molecule has 0 amide bonds. The first-order chi connectivity index (χ1) is 11.7. The van der Waals surface area contributed by atoms with Crippen molar-refractivity contribution in [3.8, 4) is 0 Å². The summed E-state index contributed by atoms with van der Waals surface area (Å²) in [5, 5.41) is 0. The van der Waals surface area contributed by atoms with Gasteiger partial charge in [0.1, 0.15) is 11.2 Å². The highest BCUT2D eigenvalue weighted by atomic mass is 35.5. The summed E-state index contributed by atoms with van der Waals surface area (Å²) in [6.45, 7) is 4.97. The summed E-state index contributed by atoms with van der Waals surface area (Å²) in [6, 6.07) is 0. The van der Waals surface area contributed by atoms with Gasteiger partial charge in [0.05, 0.1) is 5.69 Å². The SMILES string of the molecule is CCCC(Cl)N=C(C(=O)CC)c1cn2c3c1C=CCC=C3CCC2. The molecule has 0 N–H and O–H groups in total. The minimum Gasteiger partial charge on any atom is -0.347 e. The van der Waals surface area contributed by atoms with Gasteiger partial charge in [0.2, 0.25) is 0 Å². The Labute approximate surface area is 149 Å². The zero-order valence-corrected chi connectivity index (χ0v) is 15.3. The molecule has 1 aliphatic carbocycles. The fraction of sp³-hybridized carbons (Fsp3) is 0.500. The molecule has 0 spiro atoms. The Morgan fingerprint density at radius 3 is 3.00 bits per heavy atom. The molecule has 2 heterocycles. The molecule has 0 radical (unpaired) electrons. The maximum atomic E-state index is 12.6. The van der Waals surface area contributed by atoms with Gasteiger partial charge in [-0.05, 0) is 31.3 Å². The van der Waals surface area contributed by atoms with E-state index in [9.17, 15) is 4.79 Å². The lowest BCUT2D eigenvalue weighted by Gasteiger charge is -2.18. The van der Waals surface area contributed by atoms with E-state index in [-0.39, 0.29) is 11.3 Å². The molecule has 1 aromatic heterocycles. The molecule has 0 fully saturated rings. The molecule has 1 unspecified atom stereocenters. The Hall–Kier alpha value is -1.61. The highest BCUT2D eigenvalue weighted by molar-refractivity contribution is 6.47. The zero-order valence-electron chi connectivity index (χ0n) is 14.5. The van der Waals surface area contributed by atoms with E-state index >= 15 is 0 Å². The summed E-state index contributed by atoms with van der Waals surface area (Å²) in [4.78, 5) is 17.2. The minimum absolute atomic E-state index is 0.0686. The van der Waals surface area contributed by atoms with Gasteiger partial charge in [-0.25, -0.2) is 0 Å². The normalized spacial score (nSPS) is 18.0. The van der Waals surface area contributed by atoms with Crippen molar-refractivity contribution in [2.45, 2.75) is 64.4 Å². The topological polar surface area (TPSA) is 34.4 Å². The van der Waals surface area contributed by atoms with Crippen molar-refractivity contribution in [1.29, 1.82) is 0 Å². The Morgan fingerprint density at radius 1 is 1.42 bits per heavy atom. The summed E-state index contributed by atoms with van der Waals surface area (Å²) in [7, 11) is 0. The van der Waals surface area contributed by atoms with Crippen LogP contribution in [0.5, 0.6) is 0 Å². The molecule has 128 valence electrons. The van der Waals surface area contributed by atoms with Crippen molar-refractivity contribution in [2.24, 2.45) is 4.99 Å². The summed E-state index contributed by atoms with van der Waals surface area (Å²) in [6.07, 6.45) is 14.1. The van der Waals surface area contributed by atoms with Crippen molar-refractivity contribution in [2.75, 3.05) is 0 Å². The average molecular weight is 345 g/mol. The van der Waals surface area contributed by atoms with Crippen molar-refractivity contribution in [3.05, 3.63) is 35.2 Å². The highest BCUT2D eigenvalue weighted by Gasteiger charge is 2.26. The van der Waals surface area contributed by atoms with Gasteiger partial charge in [-0.15, -0.1) is 0 Å². The maximum absolute atomic E-state index is 12.6. The van der Waals surface area contributed by atoms with Gasteiger partial charge in [-0.2, -0.15) is 0 Å². The number of Topliss-reactive ketones (excluding diaryl/α,β-unsaturated/α-hetero) is 1. The van der Waals surface area contributed by atoms with Crippen LogP contribution < -0.4 is 0 Å². The van der Waals surface area contributed by atoms with Crippen molar-refractivity contribution >= 4 is 34.7 Å². The molecule has 24 heavy (non-hydrogen) atoms. The summed E-state index contributed by atoms with van der Waals surface area (Å²) < 4.78 is 2.29. The molecule has 3 nitrogen and oxygen atoms in total. The first-order valence-electron chi connectivity index (χ1n) is 9.00. The third-order valence-corrected chi connectivity index (χ3v) is 5.00. The Morgan fingerprint density at radius 2 is 2.25 bits per heavy atom. The van der Waals surface area contributed by atoms with Crippen LogP contribution in [0.2, 0.25) is 0 Å². The molecule has 4 heteroatoms. The fourth-order valence-electron chi connectivity index (χ4n) is 3.52. The number of rotatable bonds is 6. The molecule has 1 aliphatic heterocycles. The molecule has 2 aliphatic rings. The number of halogens is 1. The van der Waals surface area contributed by atoms with Gasteiger partial charge in [0.15, 0.2) is 5.78 Å². The summed E-state index contributed by atoms with van der Waals surface area (Å²) >= 11 is 6.35. The van der Waals surface area contributed by atoms with Crippen LogP contribution in [0.1, 0.15) is 69.2 Å². The van der Waals surface area contributed by atoms with Crippen LogP contribution in [0, 0.1) is 0 Å². The maximum Gasteiger partial charge on any atom is 0.181 e. The average Bonchev–Trinajstić information content (AvgIpc) is 2.80. The smallest absolute Gasteiger partial charge is 0.181 e. The lowest BCUT2D eigenvalue weighted by Crippen LogP contribution is -2.17. The second-order valence-electron chi connectivity index (χ2n) is 6.45. The second-order valence-corrected chi connectivity index (χ2v) is 6.95. The second kappa shape index (κ2) is 7.52. The largest absolute Gasteiger partial charge is 0.347 e. The predicted octanol–water partition coefficient (Wildman–Crippen LogP) is 5.22. The van der Waals surface area contributed by atoms with Crippen molar-refractivity contribution < 1.29 is 4.79 Å². The van der Waals surface area contributed by atoms with Gasteiger partial charge in [0, 0.05) is 30.3 Å². The number of nitrogens with zero attached hydrogens (tertiary/aromatic N) is 2. The summed E-state index contributed by atoms with van der Waals surface area (Å²) in [5.41, 5.74) is 4.96. The standard InChI is InChI=1S/C20H25ClN2O/c1-3-8-18(21)22-19(17(24)4-2)16-13-23-12-7-10-14-9-5-6-11-15(16)20(14)23/h6,9,11,13,18H,3-5,7-8,10,12H2,1-2H3. The van der Waals surface area contributed by atoms with Crippen LogP contribution >= 0.6 is 11.6 Å². The van der Waals surface area contributed by atoms with Crippen LogP contribution in [-0.2, 0) is 11.3 Å². The lowest BCUT2D eigenvalue weighted by molar-refractivity contribution is -0.112. The molecule has 1 atom stereocenters. The van der Waals surface area contributed by atoms with E-state index in [0.717, 1.165) is 49.8 Å². The van der Waals surface area contributed by atoms with Crippen LogP contribution in [-0.4, -0.2) is 21.6 Å². The number of hydrogen-bond donors (Lipinski definition) is 0. The number of alkyl halides is 1. The molecular weight excluding hydrogens is 320 g/mol. The molecule has 0 aromatic carbocycles. The number of aryl methyl sites for hydroxylation is 1. The van der Waals surface area contributed by atoms with Gasteiger partial charge < -0.3 is 4.57 Å². The van der Waals surface area contributed by atoms with E-state index in [4.69, 9.17) is 11.6 Å². The number of allylic oxidation sites excluding steroid dienone is 3. The lowest BCUT2D eigenvalue weighted by atomic mass is 9.97. The van der Waals surface area contributed by atoms with Crippen molar-refractivity contribution in [3.63, 3.8) is 0 Å². The van der Waals surface area contributed by atoms with Gasteiger partial charge in [-0.1, -0.05) is 50.1 Å². The Bertz CT molecular complexity index is 724. The van der Waals surface area contributed by atoms with Gasteiger partial charge >= 0.3 is 0 Å². The van der Waals surface area contributed by atoms with E-state index in [2.05, 4.69) is 40.9 Å².